The van der Waals surface area contributed by atoms with Crippen LogP contribution < -0.4 is 0 Å². The highest BCUT2D eigenvalue weighted by Gasteiger charge is 2.43. The molecular formula is C12H10FNO2. The summed E-state index contributed by atoms with van der Waals surface area (Å²) in [6.07, 6.45) is 0.869. The van der Waals surface area contributed by atoms with Gasteiger partial charge in [0.1, 0.15) is 0 Å². The second-order valence-corrected chi connectivity index (χ2v) is 3.89. The number of carbonyl (C=O) groups excluding carboxylic acids is 1. The van der Waals surface area contributed by atoms with E-state index in [1.54, 1.807) is 0 Å². The lowest BCUT2D eigenvalue weighted by atomic mass is 10.2. The van der Waals surface area contributed by atoms with Crippen molar-refractivity contribution in [1.82, 2.24) is 4.90 Å². The van der Waals surface area contributed by atoms with E-state index in [9.17, 15) is 9.18 Å². The molecule has 1 aromatic carbocycles. The van der Waals surface area contributed by atoms with Gasteiger partial charge in [-0.15, -0.1) is 0 Å². The van der Waals surface area contributed by atoms with Crippen LogP contribution in [0.5, 0.6) is 0 Å². The Morgan fingerprint density at radius 3 is 2.81 bits per heavy atom. The molecule has 1 saturated heterocycles. The normalized spacial score (nSPS) is 28.2. The lowest BCUT2D eigenvalue weighted by Gasteiger charge is -2.22. The lowest BCUT2D eigenvalue weighted by Crippen LogP contribution is -2.32. The SMILES string of the molecule is O=C1C(F)=C[C@H]2CO[C@H](c3ccccc3)N12. The topological polar surface area (TPSA) is 29.5 Å². The number of hydrogen-bond acceptors (Lipinski definition) is 2. The molecule has 0 saturated carbocycles. The summed E-state index contributed by atoms with van der Waals surface area (Å²) in [5.74, 6) is -1.24. The molecule has 16 heavy (non-hydrogen) atoms. The number of benzene rings is 1. The number of nitrogens with zero attached hydrogens (tertiary/aromatic N) is 1. The van der Waals surface area contributed by atoms with Crippen LogP contribution in [0.15, 0.2) is 42.2 Å². The third-order valence-electron chi connectivity index (χ3n) is 2.90. The number of carbonyl (C=O) groups is 1. The summed E-state index contributed by atoms with van der Waals surface area (Å²) in [7, 11) is 0. The molecule has 1 amide bonds. The van der Waals surface area contributed by atoms with Crippen molar-refractivity contribution >= 4 is 5.91 Å². The predicted octanol–water partition coefficient (Wildman–Crippen LogP) is 1.78. The van der Waals surface area contributed by atoms with Crippen LogP contribution in [-0.4, -0.2) is 23.5 Å². The molecule has 2 aliphatic heterocycles. The van der Waals surface area contributed by atoms with Gasteiger partial charge in [0.05, 0.1) is 12.6 Å². The predicted molar refractivity (Wildman–Crippen MR) is 55.0 cm³/mol. The molecule has 2 heterocycles. The average molecular weight is 219 g/mol. The molecule has 0 unspecified atom stereocenters. The van der Waals surface area contributed by atoms with Crippen LogP contribution in [0.2, 0.25) is 0 Å². The van der Waals surface area contributed by atoms with Crippen LogP contribution >= 0.6 is 0 Å². The van der Waals surface area contributed by atoms with E-state index >= 15 is 0 Å². The Labute approximate surface area is 92.1 Å². The second-order valence-electron chi connectivity index (χ2n) is 3.89. The summed E-state index contributed by atoms with van der Waals surface area (Å²) in [4.78, 5) is 13.0. The van der Waals surface area contributed by atoms with Gasteiger partial charge in [-0.3, -0.25) is 9.69 Å². The lowest BCUT2D eigenvalue weighted by molar-refractivity contribution is -0.133. The molecule has 1 aromatic rings. The van der Waals surface area contributed by atoms with Crippen molar-refractivity contribution in [1.29, 1.82) is 0 Å². The van der Waals surface area contributed by atoms with Gasteiger partial charge in [0.15, 0.2) is 12.1 Å². The molecule has 82 valence electrons. The first-order valence-electron chi connectivity index (χ1n) is 5.14. The number of rotatable bonds is 1. The van der Waals surface area contributed by atoms with Gasteiger partial charge in [-0.2, -0.15) is 0 Å². The molecule has 0 aromatic heterocycles. The van der Waals surface area contributed by atoms with E-state index in [1.165, 1.54) is 11.0 Å². The molecule has 1 fully saturated rings. The van der Waals surface area contributed by atoms with Crippen LogP contribution in [0.3, 0.4) is 0 Å². The van der Waals surface area contributed by atoms with Crippen molar-refractivity contribution < 1.29 is 13.9 Å². The summed E-state index contributed by atoms with van der Waals surface area (Å²) in [6.45, 7) is 0.360. The maximum atomic E-state index is 13.1. The minimum Gasteiger partial charge on any atom is -0.351 e. The molecule has 0 radical (unpaired) electrons. The average Bonchev–Trinajstić information content (AvgIpc) is 2.83. The molecule has 0 bridgehead atoms. The fourth-order valence-electron chi connectivity index (χ4n) is 2.15. The van der Waals surface area contributed by atoms with Gasteiger partial charge in [0, 0.05) is 5.56 Å². The maximum absolute atomic E-state index is 13.1. The zero-order chi connectivity index (χ0) is 11.1. The first-order chi connectivity index (χ1) is 7.77. The Kier molecular flexibility index (Phi) is 2.04. The fraction of sp³-hybridized carbons (Fsp3) is 0.250. The maximum Gasteiger partial charge on any atom is 0.285 e. The summed E-state index contributed by atoms with van der Waals surface area (Å²) >= 11 is 0. The number of fused-ring (bicyclic) bond motifs is 1. The third kappa shape index (κ3) is 1.27. The Balaban J connectivity index is 1.93. The Morgan fingerprint density at radius 1 is 1.31 bits per heavy atom. The van der Waals surface area contributed by atoms with E-state index < -0.39 is 18.0 Å². The molecular weight excluding hydrogens is 209 g/mol. The summed E-state index contributed by atoms with van der Waals surface area (Å²) < 4.78 is 18.7. The van der Waals surface area contributed by atoms with E-state index in [2.05, 4.69) is 0 Å². The van der Waals surface area contributed by atoms with Gasteiger partial charge in [-0.25, -0.2) is 4.39 Å². The molecule has 0 aliphatic carbocycles. The summed E-state index contributed by atoms with van der Waals surface area (Å²) in [6, 6.07) is 9.12. The Hall–Kier alpha value is -1.68. The molecule has 3 nitrogen and oxygen atoms in total. The van der Waals surface area contributed by atoms with Gasteiger partial charge in [-0.05, 0) is 6.08 Å². The number of halogens is 1. The third-order valence-corrected chi connectivity index (χ3v) is 2.90. The first-order valence-corrected chi connectivity index (χ1v) is 5.14. The Morgan fingerprint density at radius 2 is 2.06 bits per heavy atom. The monoisotopic (exact) mass is 219 g/mol. The molecule has 2 atom stereocenters. The highest BCUT2D eigenvalue weighted by Crippen LogP contribution is 2.36. The number of ether oxygens (including phenoxy) is 1. The van der Waals surface area contributed by atoms with Crippen LogP contribution in [0.25, 0.3) is 0 Å². The van der Waals surface area contributed by atoms with Crippen LogP contribution in [0.1, 0.15) is 11.8 Å². The van der Waals surface area contributed by atoms with E-state index in [0.717, 1.165) is 5.56 Å². The second kappa shape index (κ2) is 3.42. The van der Waals surface area contributed by atoms with Crippen molar-refractivity contribution in [2.75, 3.05) is 6.61 Å². The van der Waals surface area contributed by atoms with Crippen molar-refractivity contribution in [3.8, 4) is 0 Å². The summed E-state index contributed by atoms with van der Waals surface area (Å²) in [5.41, 5.74) is 0.876. The van der Waals surface area contributed by atoms with E-state index in [-0.39, 0.29) is 6.04 Å². The minimum atomic E-state index is -0.672. The number of hydrogen-bond donors (Lipinski definition) is 0. The van der Waals surface area contributed by atoms with E-state index in [0.29, 0.717) is 6.61 Å². The standard InChI is InChI=1S/C12H10FNO2/c13-10-6-9-7-16-12(14(9)11(10)15)8-4-2-1-3-5-8/h1-6,9,12H,7H2/t9-,12+/m0/s1. The zero-order valence-corrected chi connectivity index (χ0v) is 8.47. The van der Waals surface area contributed by atoms with Crippen molar-refractivity contribution in [2.24, 2.45) is 0 Å². The smallest absolute Gasteiger partial charge is 0.285 e. The quantitative estimate of drug-likeness (QED) is 0.720. The molecule has 0 N–H and O–H groups in total. The van der Waals surface area contributed by atoms with Gasteiger partial charge in [0.2, 0.25) is 0 Å². The molecule has 2 aliphatic rings. The molecule has 0 spiro atoms. The van der Waals surface area contributed by atoms with Crippen LogP contribution in [-0.2, 0) is 9.53 Å². The van der Waals surface area contributed by atoms with Crippen LogP contribution in [0.4, 0.5) is 4.39 Å². The highest BCUT2D eigenvalue weighted by molar-refractivity contribution is 5.94. The highest BCUT2D eigenvalue weighted by atomic mass is 19.1. The van der Waals surface area contributed by atoms with Crippen molar-refractivity contribution in [3.63, 3.8) is 0 Å². The van der Waals surface area contributed by atoms with Crippen molar-refractivity contribution in [2.45, 2.75) is 12.3 Å². The van der Waals surface area contributed by atoms with Gasteiger partial charge in [0.25, 0.3) is 5.91 Å². The van der Waals surface area contributed by atoms with E-state index in [1.807, 2.05) is 30.3 Å². The number of amides is 1. The largest absolute Gasteiger partial charge is 0.351 e. The first kappa shape index (κ1) is 9.54. The van der Waals surface area contributed by atoms with E-state index in [4.69, 9.17) is 4.74 Å². The van der Waals surface area contributed by atoms with Gasteiger partial charge < -0.3 is 4.74 Å². The summed E-state index contributed by atoms with van der Waals surface area (Å²) in [5, 5.41) is 0. The molecule has 3 rings (SSSR count). The molecule has 4 heteroatoms. The van der Waals surface area contributed by atoms with Gasteiger partial charge >= 0.3 is 0 Å². The minimum absolute atomic E-state index is 0.252. The Bertz CT molecular complexity index is 457. The fourth-order valence-corrected chi connectivity index (χ4v) is 2.15. The van der Waals surface area contributed by atoms with Crippen LogP contribution in [0, 0.1) is 0 Å². The zero-order valence-electron chi connectivity index (χ0n) is 8.47. The van der Waals surface area contributed by atoms with Gasteiger partial charge in [-0.1, -0.05) is 30.3 Å². The van der Waals surface area contributed by atoms with Crippen molar-refractivity contribution in [3.05, 3.63) is 47.8 Å².